The van der Waals surface area contributed by atoms with Gasteiger partial charge in [-0.2, -0.15) is 28.8 Å². The van der Waals surface area contributed by atoms with Crippen LogP contribution in [0.25, 0.3) is 11.3 Å². The third-order valence-electron chi connectivity index (χ3n) is 3.60. The summed E-state index contributed by atoms with van der Waals surface area (Å²) in [7, 11) is 1.57. The van der Waals surface area contributed by atoms with Gasteiger partial charge in [0, 0.05) is 24.7 Å². The lowest BCUT2D eigenvalue weighted by molar-refractivity contribution is -0.137. The monoisotopic (exact) mass is 369 g/mol. The summed E-state index contributed by atoms with van der Waals surface area (Å²) in [5.41, 5.74) is 0.260. The Morgan fingerprint density at radius 3 is 2.30 bits per heavy atom. The maximum Gasteiger partial charge on any atom is 0.416 e. The minimum atomic E-state index is -4.44. The van der Waals surface area contributed by atoms with Crippen LogP contribution in [0.2, 0.25) is 0 Å². The summed E-state index contributed by atoms with van der Waals surface area (Å²) in [6, 6.07) is 12.5. The van der Waals surface area contributed by atoms with E-state index in [1.54, 1.807) is 7.05 Å². The molecular weight excluding hydrogens is 359 g/mol. The molecule has 2 aromatic heterocycles. The lowest BCUT2D eigenvalue weighted by Gasteiger charge is -2.09. The number of aromatic nitrogens is 3. The molecule has 0 aliphatic heterocycles. The molecule has 3 rings (SSSR count). The number of alkyl halides is 3. The molecule has 1 aromatic carbocycles. The fourth-order valence-electron chi connectivity index (χ4n) is 2.31. The van der Waals surface area contributed by atoms with Crippen molar-refractivity contribution in [2.45, 2.75) is 6.18 Å². The highest BCUT2D eigenvalue weighted by molar-refractivity contribution is 5.62. The van der Waals surface area contributed by atoms with E-state index in [1.165, 1.54) is 35.0 Å². The summed E-state index contributed by atoms with van der Waals surface area (Å²) in [5.74, 6) is 0.281. The fourth-order valence-corrected chi connectivity index (χ4v) is 2.31. The van der Waals surface area contributed by atoms with Gasteiger partial charge in [0.25, 0.3) is 0 Å². The number of nitrogens with zero attached hydrogens (tertiary/aromatic N) is 5. The zero-order valence-corrected chi connectivity index (χ0v) is 13.8. The van der Waals surface area contributed by atoms with Gasteiger partial charge in [-0.1, -0.05) is 12.1 Å². The summed E-state index contributed by atoms with van der Waals surface area (Å²) >= 11 is 0. The summed E-state index contributed by atoms with van der Waals surface area (Å²) in [4.78, 5) is 4.24. The van der Waals surface area contributed by atoms with Crippen LogP contribution in [-0.2, 0) is 13.2 Å². The highest BCUT2D eigenvalue weighted by atomic mass is 19.4. The molecule has 0 N–H and O–H groups in total. The predicted molar refractivity (Wildman–Crippen MR) is 87.4 cm³/mol. The van der Waals surface area contributed by atoms with Gasteiger partial charge in [0.05, 0.1) is 22.9 Å². The van der Waals surface area contributed by atoms with Crippen molar-refractivity contribution in [1.29, 1.82) is 10.5 Å². The molecule has 0 fully saturated rings. The van der Waals surface area contributed by atoms with E-state index in [9.17, 15) is 18.4 Å². The van der Waals surface area contributed by atoms with Crippen LogP contribution in [-0.4, -0.2) is 14.8 Å². The van der Waals surface area contributed by atoms with Crippen LogP contribution in [0, 0.1) is 22.7 Å². The van der Waals surface area contributed by atoms with Gasteiger partial charge < -0.3 is 4.74 Å². The summed E-state index contributed by atoms with van der Waals surface area (Å²) < 4.78 is 45.0. The molecular formula is C18H10F3N5O. The number of hydrogen-bond acceptors (Lipinski definition) is 5. The van der Waals surface area contributed by atoms with Crippen molar-refractivity contribution in [2.75, 3.05) is 0 Å². The van der Waals surface area contributed by atoms with Crippen LogP contribution >= 0.6 is 0 Å². The maximum atomic E-state index is 12.7. The average Bonchev–Trinajstić information content (AvgIpc) is 3.00. The van der Waals surface area contributed by atoms with Crippen molar-refractivity contribution < 1.29 is 17.9 Å². The molecule has 0 aliphatic carbocycles. The van der Waals surface area contributed by atoms with E-state index in [0.29, 0.717) is 5.56 Å². The first-order valence-corrected chi connectivity index (χ1v) is 7.52. The standard InChI is InChI=1S/C18H10F3N5O/c1-26-17(8-14(10-23)25-26)27-16-7-11(9-22)6-15(24-16)12-2-4-13(5-3-12)18(19,20)21/h2-8H,1H3. The van der Waals surface area contributed by atoms with Gasteiger partial charge in [-0.05, 0) is 18.2 Å². The third-order valence-corrected chi connectivity index (χ3v) is 3.60. The molecule has 27 heavy (non-hydrogen) atoms. The lowest BCUT2D eigenvalue weighted by atomic mass is 10.1. The molecule has 0 unspecified atom stereocenters. The zero-order valence-electron chi connectivity index (χ0n) is 13.8. The van der Waals surface area contributed by atoms with Gasteiger partial charge >= 0.3 is 6.18 Å². The van der Waals surface area contributed by atoms with E-state index < -0.39 is 11.7 Å². The van der Waals surface area contributed by atoms with Crippen molar-refractivity contribution in [1.82, 2.24) is 14.8 Å². The topological polar surface area (TPSA) is 87.5 Å². The average molecular weight is 369 g/mol. The number of nitriles is 2. The normalized spacial score (nSPS) is 10.9. The lowest BCUT2D eigenvalue weighted by Crippen LogP contribution is -2.04. The Bertz CT molecular complexity index is 1070. The largest absolute Gasteiger partial charge is 0.421 e. The van der Waals surface area contributed by atoms with Crippen molar-refractivity contribution in [3.05, 3.63) is 59.3 Å². The third kappa shape index (κ3) is 3.88. The van der Waals surface area contributed by atoms with Crippen LogP contribution in [0.15, 0.2) is 42.5 Å². The molecule has 3 aromatic rings. The van der Waals surface area contributed by atoms with E-state index in [0.717, 1.165) is 12.1 Å². The number of benzene rings is 1. The van der Waals surface area contributed by atoms with Gasteiger partial charge in [-0.15, -0.1) is 0 Å². The highest BCUT2D eigenvalue weighted by Crippen LogP contribution is 2.31. The summed E-state index contributed by atoms with van der Waals surface area (Å²) in [6.07, 6.45) is -4.44. The Labute approximate surface area is 151 Å². The quantitative estimate of drug-likeness (QED) is 0.695. The first-order valence-electron chi connectivity index (χ1n) is 7.52. The number of rotatable bonds is 3. The van der Waals surface area contributed by atoms with Crippen LogP contribution in [0.5, 0.6) is 11.8 Å². The summed E-state index contributed by atoms with van der Waals surface area (Å²) in [5, 5.41) is 22.0. The minimum absolute atomic E-state index is 0.0523. The van der Waals surface area contributed by atoms with E-state index in [4.69, 9.17) is 10.00 Å². The second-order valence-electron chi connectivity index (χ2n) is 5.47. The van der Waals surface area contributed by atoms with Crippen molar-refractivity contribution in [3.8, 4) is 35.2 Å². The minimum Gasteiger partial charge on any atom is -0.421 e. The summed E-state index contributed by atoms with van der Waals surface area (Å²) in [6.45, 7) is 0. The first-order chi connectivity index (χ1) is 12.8. The van der Waals surface area contributed by atoms with Gasteiger partial charge in [-0.3, -0.25) is 0 Å². The van der Waals surface area contributed by atoms with Crippen molar-refractivity contribution >= 4 is 0 Å². The predicted octanol–water partition coefficient (Wildman–Crippen LogP) is 4.04. The Hall–Kier alpha value is -3.85. The van der Waals surface area contributed by atoms with Crippen LogP contribution in [0.3, 0.4) is 0 Å². The van der Waals surface area contributed by atoms with E-state index in [1.807, 2.05) is 12.1 Å². The molecule has 9 heteroatoms. The van der Waals surface area contributed by atoms with Crippen LogP contribution in [0.4, 0.5) is 13.2 Å². The second-order valence-corrected chi connectivity index (χ2v) is 5.47. The van der Waals surface area contributed by atoms with E-state index in [-0.39, 0.29) is 28.7 Å². The Morgan fingerprint density at radius 2 is 1.74 bits per heavy atom. The molecule has 6 nitrogen and oxygen atoms in total. The number of pyridine rings is 1. The molecule has 0 bridgehead atoms. The van der Waals surface area contributed by atoms with E-state index >= 15 is 0 Å². The van der Waals surface area contributed by atoms with E-state index in [2.05, 4.69) is 10.1 Å². The number of ether oxygens (including phenoxy) is 1. The Morgan fingerprint density at radius 1 is 1.04 bits per heavy atom. The van der Waals surface area contributed by atoms with Crippen molar-refractivity contribution in [2.24, 2.45) is 7.05 Å². The van der Waals surface area contributed by atoms with Gasteiger partial charge in [0.1, 0.15) is 6.07 Å². The van der Waals surface area contributed by atoms with Crippen LogP contribution < -0.4 is 4.74 Å². The molecule has 0 spiro atoms. The number of hydrogen-bond donors (Lipinski definition) is 0. The molecule has 0 aliphatic rings. The second kappa shape index (κ2) is 6.81. The van der Waals surface area contributed by atoms with Crippen LogP contribution in [0.1, 0.15) is 16.8 Å². The molecule has 0 saturated heterocycles. The fraction of sp³-hybridized carbons (Fsp3) is 0.111. The molecule has 0 saturated carbocycles. The van der Waals surface area contributed by atoms with Crippen molar-refractivity contribution in [3.63, 3.8) is 0 Å². The smallest absolute Gasteiger partial charge is 0.416 e. The molecule has 0 amide bonds. The van der Waals surface area contributed by atoms with Gasteiger partial charge in [0.15, 0.2) is 5.69 Å². The van der Waals surface area contributed by atoms with Gasteiger partial charge in [-0.25, -0.2) is 9.67 Å². The molecule has 0 atom stereocenters. The van der Waals surface area contributed by atoms with Gasteiger partial charge in [0.2, 0.25) is 11.8 Å². The molecule has 2 heterocycles. The first kappa shape index (κ1) is 18.0. The molecule has 0 radical (unpaired) electrons. The number of halogens is 3. The SMILES string of the molecule is Cn1nc(C#N)cc1Oc1cc(C#N)cc(-c2ccc(C(F)(F)F)cc2)n1. The maximum absolute atomic E-state index is 12.7. The highest BCUT2D eigenvalue weighted by Gasteiger charge is 2.30. The zero-order chi connectivity index (χ0) is 19.6. The Balaban J connectivity index is 1.98. The molecule has 134 valence electrons. The number of aryl methyl sites for hydroxylation is 1. The Kier molecular flexibility index (Phi) is 4.53.